The summed E-state index contributed by atoms with van der Waals surface area (Å²) in [6.07, 6.45) is 2.24. The molecule has 5 nitrogen and oxygen atoms in total. The number of carbonyl (C=O) groups is 1. The van der Waals surface area contributed by atoms with Crippen molar-refractivity contribution in [3.05, 3.63) is 65.0 Å². The highest BCUT2D eigenvalue weighted by Crippen LogP contribution is 2.31. The Kier molecular flexibility index (Phi) is 6.11. The van der Waals surface area contributed by atoms with Crippen LogP contribution in [-0.2, 0) is 11.2 Å². The van der Waals surface area contributed by atoms with Gasteiger partial charge < -0.3 is 15.0 Å². The number of rotatable bonds is 5. The zero-order chi connectivity index (χ0) is 20.2. The van der Waals surface area contributed by atoms with Crippen LogP contribution in [0.4, 0.5) is 10.1 Å². The summed E-state index contributed by atoms with van der Waals surface area (Å²) < 4.78 is 19.0. The van der Waals surface area contributed by atoms with Gasteiger partial charge in [0.1, 0.15) is 5.82 Å². The zero-order valence-corrected chi connectivity index (χ0v) is 16.9. The van der Waals surface area contributed by atoms with Gasteiger partial charge in [-0.1, -0.05) is 18.2 Å². The molecule has 29 heavy (non-hydrogen) atoms. The minimum Gasteiger partial charge on any atom is -0.379 e. The van der Waals surface area contributed by atoms with Gasteiger partial charge in [-0.3, -0.25) is 9.69 Å². The van der Waals surface area contributed by atoms with Gasteiger partial charge >= 0.3 is 0 Å². The van der Waals surface area contributed by atoms with E-state index in [0.717, 1.165) is 32.5 Å². The third kappa shape index (κ3) is 4.60. The quantitative estimate of drug-likeness (QED) is 0.843. The van der Waals surface area contributed by atoms with Gasteiger partial charge in [-0.25, -0.2) is 4.39 Å². The summed E-state index contributed by atoms with van der Waals surface area (Å²) in [7, 11) is 2.14. The number of anilines is 1. The zero-order valence-electron chi connectivity index (χ0n) is 16.9. The van der Waals surface area contributed by atoms with Gasteiger partial charge in [0, 0.05) is 44.5 Å². The number of halogens is 1. The first-order chi connectivity index (χ1) is 14.1. The van der Waals surface area contributed by atoms with Gasteiger partial charge in [0.15, 0.2) is 0 Å². The second-order valence-electron chi connectivity index (χ2n) is 7.80. The van der Waals surface area contributed by atoms with E-state index in [2.05, 4.69) is 40.4 Å². The number of amides is 1. The predicted octanol–water partition coefficient (Wildman–Crippen LogP) is 3.01. The SMILES string of the molecule is CN1CCCc2cc([C@@H](CNC(=O)c3cccc(F)c3)N3CCOCC3)ccc21. The Morgan fingerprint density at radius 1 is 1.17 bits per heavy atom. The summed E-state index contributed by atoms with van der Waals surface area (Å²) in [4.78, 5) is 17.2. The van der Waals surface area contributed by atoms with Crippen molar-refractivity contribution in [2.45, 2.75) is 18.9 Å². The third-order valence-corrected chi connectivity index (χ3v) is 5.87. The van der Waals surface area contributed by atoms with Crippen LogP contribution in [0.15, 0.2) is 42.5 Å². The second kappa shape index (κ2) is 8.93. The molecule has 2 aromatic rings. The molecule has 0 saturated carbocycles. The number of carbonyl (C=O) groups excluding carboxylic acids is 1. The molecule has 0 aromatic heterocycles. The van der Waals surface area contributed by atoms with Crippen LogP contribution in [0.5, 0.6) is 0 Å². The average Bonchev–Trinajstić information content (AvgIpc) is 2.74. The lowest BCUT2D eigenvalue weighted by Crippen LogP contribution is -2.44. The van der Waals surface area contributed by atoms with Crippen molar-refractivity contribution in [2.24, 2.45) is 0 Å². The van der Waals surface area contributed by atoms with E-state index >= 15 is 0 Å². The first kappa shape index (κ1) is 19.9. The number of aryl methyl sites for hydroxylation is 1. The minimum atomic E-state index is -0.402. The molecule has 0 aliphatic carbocycles. The Bertz CT molecular complexity index is 867. The molecule has 1 amide bonds. The van der Waals surface area contributed by atoms with E-state index in [1.165, 1.54) is 28.9 Å². The molecule has 2 aliphatic heterocycles. The van der Waals surface area contributed by atoms with E-state index in [1.807, 2.05) is 0 Å². The number of fused-ring (bicyclic) bond motifs is 1. The van der Waals surface area contributed by atoms with Crippen molar-refractivity contribution in [2.75, 3.05) is 51.3 Å². The number of nitrogens with zero attached hydrogens (tertiary/aromatic N) is 2. The van der Waals surface area contributed by atoms with E-state index in [-0.39, 0.29) is 11.9 Å². The van der Waals surface area contributed by atoms with Crippen molar-refractivity contribution >= 4 is 11.6 Å². The molecular weight excluding hydrogens is 369 g/mol. The fourth-order valence-corrected chi connectivity index (χ4v) is 4.28. The highest BCUT2D eigenvalue weighted by Gasteiger charge is 2.25. The maximum Gasteiger partial charge on any atom is 0.251 e. The van der Waals surface area contributed by atoms with Crippen LogP contribution in [0, 0.1) is 5.82 Å². The molecule has 0 unspecified atom stereocenters. The Labute approximate surface area is 171 Å². The van der Waals surface area contributed by atoms with Crippen LogP contribution in [-0.4, -0.2) is 57.2 Å². The maximum atomic E-state index is 13.5. The molecule has 4 rings (SSSR count). The van der Waals surface area contributed by atoms with Crippen molar-refractivity contribution < 1.29 is 13.9 Å². The van der Waals surface area contributed by atoms with Gasteiger partial charge in [-0.15, -0.1) is 0 Å². The minimum absolute atomic E-state index is 0.0638. The van der Waals surface area contributed by atoms with Gasteiger partial charge in [0.25, 0.3) is 5.91 Å². The van der Waals surface area contributed by atoms with Crippen LogP contribution in [0.1, 0.15) is 33.9 Å². The average molecular weight is 397 g/mol. The largest absolute Gasteiger partial charge is 0.379 e. The van der Waals surface area contributed by atoms with Crippen LogP contribution >= 0.6 is 0 Å². The van der Waals surface area contributed by atoms with Crippen molar-refractivity contribution in [1.29, 1.82) is 0 Å². The molecule has 2 aliphatic rings. The first-order valence-corrected chi connectivity index (χ1v) is 10.3. The van der Waals surface area contributed by atoms with E-state index in [4.69, 9.17) is 4.74 Å². The number of morpholine rings is 1. The second-order valence-corrected chi connectivity index (χ2v) is 7.80. The predicted molar refractivity (Wildman–Crippen MR) is 112 cm³/mol. The van der Waals surface area contributed by atoms with Crippen LogP contribution in [0.25, 0.3) is 0 Å². The highest BCUT2D eigenvalue weighted by atomic mass is 19.1. The molecular formula is C23H28FN3O2. The molecule has 0 radical (unpaired) electrons. The van der Waals surface area contributed by atoms with Gasteiger partial charge in [0.05, 0.1) is 19.3 Å². The molecule has 1 fully saturated rings. The van der Waals surface area contributed by atoms with E-state index in [1.54, 1.807) is 12.1 Å². The molecule has 1 N–H and O–H groups in total. The van der Waals surface area contributed by atoms with Crippen molar-refractivity contribution in [1.82, 2.24) is 10.2 Å². The molecule has 2 aromatic carbocycles. The van der Waals surface area contributed by atoms with Gasteiger partial charge in [-0.2, -0.15) is 0 Å². The number of hydrogen-bond donors (Lipinski definition) is 1. The first-order valence-electron chi connectivity index (χ1n) is 10.3. The number of benzene rings is 2. The molecule has 2 heterocycles. The molecule has 1 atom stereocenters. The standard InChI is InChI=1S/C23H28FN3O2/c1-26-9-3-5-17-14-18(7-8-21(17)26)22(27-10-12-29-13-11-27)16-25-23(28)19-4-2-6-20(24)15-19/h2,4,6-8,14-15,22H,3,5,9-13,16H2,1H3,(H,25,28)/t22-/m1/s1. The van der Waals surface area contributed by atoms with Crippen molar-refractivity contribution in [3.63, 3.8) is 0 Å². The summed E-state index contributed by atoms with van der Waals surface area (Å²) in [5, 5.41) is 3.01. The Balaban J connectivity index is 1.54. The van der Waals surface area contributed by atoms with E-state index in [9.17, 15) is 9.18 Å². The van der Waals surface area contributed by atoms with Crippen LogP contribution in [0.3, 0.4) is 0 Å². The lowest BCUT2D eigenvalue weighted by Gasteiger charge is -2.36. The van der Waals surface area contributed by atoms with Crippen LogP contribution < -0.4 is 10.2 Å². The number of hydrogen-bond acceptors (Lipinski definition) is 4. The summed E-state index contributed by atoms with van der Waals surface area (Å²) in [5.41, 5.74) is 4.22. The fraction of sp³-hybridized carbons (Fsp3) is 0.435. The van der Waals surface area contributed by atoms with Crippen molar-refractivity contribution in [3.8, 4) is 0 Å². The highest BCUT2D eigenvalue weighted by molar-refractivity contribution is 5.94. The molecule has 1 saturated heterocycles. The topological polar surface area (TPSA) is 44.8 Å². The molecule has 0 spiro atoms. The summed E-state index contributed by atoms with van der Waals surface area (Å²) >= 11 is 0. The fourth-order valence-electron chi connectivity index (χ4n) is 4.28. The summed E-state index contributed by atoms with van der Waals surface area (Å²) in [5.74, 6) is -0.651. The Hall–Kier alpha value is -2.44. The number of nitrogens with one attached hydrogen (secondary N) is 1. The molecule has 154 valence electrons. The van der Waals surface area contributed by atoms with E-state index in [0.29, 0.717) is 25.3 Å². The Morgan fingerprint density at radius 2 is 2.00 bits per heavy atom. The lowest BCUT2D eigenvalue weighted by molar-refractivity contribution is 0.0162. The third-order valence-electron chi connectivity index (χ3n) is 5.87. The van der Waals surface area contributed by atoms with Gasteiger partial charge in [-0.05, 0) is 48.2 Å². The van der Waals surface area contributed by atoms with Crippen LogP contribution in [0.2, 0.25) is 0 Å². The smallest absolute Gasteiger partial charge is 0.251 e. The maximum absolute atomic E-state index is 13.5. The summed E-state index contributed by atoms with van der Waals surface area (Å²) in [6.45, 7) is 4.62. The summed E-state index contributed by atoms with van der Waals surface area (Å²) in [6, 6.07) is 12.5. The lowest BCUT2D eigenvalue weighted by atomic mass is 9.95. The Morgan fingerprint density at radius 3 is 2.79 bits per heavy atom. The van der Waals surface area contributed by atoms with Gasteiger partial charge in [0.2, 0.25) is 0 Å². The van der Waals surface area contributed by atoms with E-state index < -0.39 is 5.82 Å². The normalized spacial score (nSPS) is 18.2. The molecule has 0 bridgehead atoms. The number of ether oxygens (including phenoxy) is 1. The molecule has 6 heteroatoms. The monoisotopic (exact) mass is 397 g/mol.